The van der Waals surface area contributed by atoms with E-state index in [4.69, 9.17) is 4.74 Å². The van der Waals surface area contributed by atoms with E-state index >= 15 is 0 Å². The SMILES string of the molecule is Cc1c(NC(=O)c2ccc(OCC3CC3)cc2)ccc2cc(CNCC3CCS(O)(O)CC3)cnc12. The number of rotatable bonds is 9. The number of nitrogens with zero attached hydrogens (tertiary/aromatic N) is 1. The van der Waals surface area contributed by atoms with Crippen LogP contribution in [0.15, 0.2) is 48.7 Å². The Labute approximate surface area is 214 Å². The van der Waals surface area contributed by atoms with E-state index < -0.39 is 10.6 Å². The minimum atomic E-state index is -2.32. The fourth-order valence-electron chi connectivity index (χ4n) is 4.60. The summed E-state index contributed by atoms with van der Waals surface area (Å²) in [5.74, 6) is 2.87. The molecular weight excluding hydrogens is 474 g/mol. The van der Waals surface area contributed by atoms with Crippen molar-refractivity contribution in [1.82, 2.24) is 10.3 Å². The minimum Gasteiger partial charge on any atom is -0.493 e. The molecule has 1 aromatic heterocycles. The first-order chi connectivity index (χ1) is 17.4. The summed E-state index contributed by atoms with van der Waals surface area (Å²) in [6, 6.07) is 13.4. The normalized spacial score (nSPS) is 18.6. The van der Waals surface area contributed by atoms with Crippen LogP contribution >= 0.6 is 10.6 Å². The predicted octanol–water partition coefficient (Wildman–Crippen LogP) is 5.83. The number of aromatic nitrogens is 1. The van der Waals surface area contributed by atoms with E-state index in [0.717, 1.165) is 59.5 Å². The smallest absolute Gasteiger partial charge is 0.255 e. The fourth-order valence-corrected chi connectivity index (χ4v) is 6.23. The maximum Gasteiger partial charge on any atom is 0.255 e. The first-order valence-corrected chi connectivity index (χ1v) is 14.6. The van der Waals surface area contributed by atoms with Crippen LogP contribution in [0, 0.1) is 18.8 Å². The quantitative estimate of drug-likeness (QED) is 0.289. The molecule has 0 spiro atoms. The lowest BCUT2D eigenvalue weighted by Gasteiger charge is -2.39. The molecule has 2 aliphatic rings. The highest BCUT2D eigenvalue weighted by molar-refractivity contribution is 8.24. The van der Waals surface area contributed by atoms with Gasteiger partial charge in [-0.3, -0.25) is 18.9 Å². The monoisotopic (exact) mass is 509 g/mol. The van der Waals surface area contributed by atoms with Crippen molar-refractivity contribution in [3.8, 4) is 5.75 Å². The second-order valence-electron chi connectivity index (χ2n) is 10.2. The number of pyridine rings is 1. The first-order valence-electron chi connectivity index (χ1n) is 12.7. The highest BCUT2D eigenvalue weighted by atomic mass is 32.3. The molecule has 7 nitrogen and oxygen atoms in total. The van der Waals surface area contributed by atoms with Crippen LogP contribution < -0.4 is 15.4 Å². The summed E-state index contributed by atoms with van der Waals surface area (Å²) in [5.41, 5.74) is 4.25. The molecule has 1 amide bonds. The predicted molar refractivity (Wildman–Crippen MR) is 146 cm³/mol. The number of nitrogens with one attached hydrogen (secondary N) is 2. The lowest BCUT2D eigenvalue weighted by Crippen LogP contribution is -2.29. The molecule has 1 saturated carbocycles. The molecule has 0 radical (unpaired) electrons. The van der Waals surface area contributed by atoms with Crippen LogP contribution in [0.1, 0.15) is 47.2 Å². The molecule has 2 heterocycles. The average Bonchev–Trinajstić information content (AvgIpc) is 3.70. The number of hydrogen-bond donors (Lipinski definition) is 4. The van der Waals surface area contributed by atoms with E-state index in [1.807, 2.05) is 37.4 Å². The van der Waals surface area contributed by atoms with Gasteiger partial charge in [-0.05, 0) is 98.5 Å². The Balaban J connectivity index is 1.17. The molecule has 0 unspecified atom stereocenters. The highest BCUT2D eigenvalue weighted by Gasteiger charge is 2.24. The van der Waals surface area contributed by atoms with Crippen LogP contribution in [0.2, 0.25) is 0 Å². The second-order valence-corrected chi connectivity index (χ2v) is 12.6. The molecule has 1 saturated heterocycles. The summed E-state index contributed by atoms with van der Waals surface area (Å²) in [4.78, 5) is 17.5. The van der Waals surface area contributed by atoms with Crippen LogP contribution in [0.3, 0.4) is 0 Å². The van der Waals surface area contributed by atoms with Crippen molar-refractivity contribution in [2.24, 2.45) is 11.8 Å². The minimum absolute atomic E-state index is 0.157. The Bertz CT molecular complexity index is 1220. The van der Waals surface area contributed by atoms with Crippen molar-refractivity contribution >= 4 is 33.1 Å². The molecule has 1 aliphatic heterocycles. The van der Waals surface area contributed by atoms with Gasteiger partial charge in [0.2, 0.25) is 0 Å². The molecule has 2 fully saturated rings. The maximum atomic E-state index is 12.8. The largest absolute Gasteiger partial charge is 0.493 e. The standard InChI is InChI=1S/C28H35N3O4S/c1-19-26(31-28(32)23-4-7-25(8-5-23)35-18-21-2-3-21)9-6-24-14-22(17-30-27(19)24)16-29-15-20-10-12-36(33,34)13-11-20/h4-9,14,17,20-21,29,33-34H,2-3,10-13,15-16,18H2,1H3,(H,31,32). The zero-order valence-electron chi connectivity index (χ0n) is 20.7. The summed E-state index contributed by atoms with van der Waals surface area (Å²) < 4.78 is 25.3. The van der Waals surface area contributed by atoms with E-state index in [1.165, 1.54) is 12.8 Å². The van der Waals surface area contributed by atoms with Gasteiger partial charge in [-0.2, -0.15) is 10.6 Å². The topological polar surface area (TPSA) is 104 Å². The van der Waals surface area contributed by atoms with Crippen molar-refractivity contribution in [2.75, 3.05) is 30.0 Å². The molecule has 0 bridgehead atoms. The van der Waals surface area contributed by atoms with E-state index in [2.05, 4.69) is 21.7 Å². The number of carbonyl (C=O) groups excluding carboxylic acids is 1. The highest BCUT2D eigenvalue weighted by Crippen LogP contribution is 2.45. The third-order valence-electron chi connectivity index (χ3n) is 7.18. The number of hydrogen-bond acceptors (Lipinski definition) is 6. The molecule has 192 valence electrons. The Morgan fingerprint density at radius 3 is 2.53 bits per heavy atom. The molecular formula is C28H35N3O4S. The van der Waals surface area contributed by atoms with E-state index in [0.29, 0.717) is 35.4 Å². The van der Waals surface area contributed by atoms with Gasteiger partial charge in [0.15, 0.2) is 0 Å². The second kappa shape index (κ2) is 10.8. The fraction of sp³-hybridized carbons (Fsp3) is 0.429. The van der Waals surface area contributed by atoms with Gasteiger partial charge < -0.3 is 15.4 Å². The lowest BCUT2D eigenvalue weighted by molar-refractivity contribution is 0.102. The van der Waals surface area contributed by atoms with Crippen LogP contribution in [0.25, 0.3) is 10.9 Å². The van der Waals surface area contributed by atoms with Gasteiger partial charge in [-0.1, -0.05) is 6.07 Å². The number of anilines is 1. The Kier molecular flexibility index (Phi) is 7.48. The Morgan fingerprint density at radius 1 is 1.06 bits per heavy atom. The van der Waals surface area contributed by atoms with Gasteiger partial charge in [-0.25, -0.2) is 0 Å². The summed E-state index contributed by atoms with van der Waals surface area (Å²) in [7, 11) is -2.32. The van der Waals surface area contributed by atoms with Crippen LogP contribution in [-0.2, 0) is 6.54 Å². The molecule has 0 atom stereocenters. The number of benzene rings is 2. The van der Waals surface area contributed by atoms with Gasteiger partial charge >= 0.3 is 0 Å². The average molecular weight is 510 g/mol. The van der Waals surface area contributed by atoms with Gasteiger partial charge in [0, 0.05) is 40.9 Å². The third kappa shape index (κ3) is 6.37. The van der Waals surface area contributed by atoms with Crippen molar-refractivity contribution < 1.29 is 18.6 Å². The molecule has 3 aromatic rings. The van der Waals surface area contributed by atoms with E-state index in [1.54, 1.807) is 12.1 Å². The number of carbonyl (C=O) groups is 1. The van der Waals surface area contributed by atoms with Gasteiger partial charge in [0.25, 0.3) is 5.91 Å². The van der Waals surface area contributed by atoms with Gasteiger partial charge in [0.1, 0.15) is 5.75 Å². The maximum absolute atomic E-state index is 12.8. The number of amides is 1. The summed E-state index contributed by atoms with van der Waals surface area (Å²) in [5, 5.41) is 7.55. The molecule has 4 N–H and O–H groups in total. The van der Waals surface area contributed by atoms with Gasteiger partial charge in [0.05, 0.1) is 12.1 Å². The zero-order chi connectivity index (χ0) is 25.1. The van der Waals surface area contributed by atoms with Gasteiger partial charge in [-0.15, -0.1) is 0 Å². The van der Waals surface area contributed by atoms with Crippen molar-refractivity contribution in [3.63, 3.8) is 0 Å². The van der Waals surface area contributed by atoms with Crippen molar-refractivity contribution in [1.29, 1.82) is 0 Å². The summed E-state index contributed by atoms with van der Waals surface area (Å²) in [6.07, 6.45) is 6.09. The molecule has 1 aliphatic carbocycles. The summed E-state index contributed by atoms with van der Waals surface area (Å²) in [6.45, 7) is 4.31. The number of ether oxygens (including phenoxy) is 1. The van der Waals surface area contributed by atoms with Crippen molar-refractivity contribution in [2.45, 2.75) is 39.2 Å². The number of aryl methyl sites for hydroxylation is 1. The summed E-state index contributed by atoms with van der Waals surface area (Å²) >= 11 is 0. The number of fused-ring (bicyclic) bond motifs is 1. The molecule has 2 aromatic carbocycles. The van der Waals surface area contributed by atoms with Crippen LogP contribution in [0.5, 0.6) is 5.75 Å². The zero-order valence-corrected chi connectivity index (χ0v) is 21.5. The van der Waals surface area contributed by atoms with Crippen LogP contribution in [0.4, 0.5) is 5.69 Å². The molecule has 8 heteroatoms. The first kappa shape index (κ1) is 25.0. The lowest BCUT2D eigenvalue weighted by atomic mass is 10.0. The molecule has 36 heavy (non-hydrogen) atoms. The Hall–Kier alpha value is -2.65. The molecule has 5 rings (SSSR count). The van der Waals surface area contributed by atoms with E-state index in [9.17, 15) is 13.9 Å². The van der Waals surface area contributed by atoms with E-state index in [-0.39, 0.29) is 5.91 Å². The van der Waals surface area contributed by atoms with Crippen LogP contribution in [-0.4, -0.2) is 44.7 Å². The van der Waals surface area contributed by atoms with Crippen molar-refractivity contribution in [3.05, 3.63) is 65.4 Å². The Morgan fingerprint density at radius 2 is 1.81 bits per heavy atom. The third-order valence-corrected chi connectivity index (χ3v) is 8.96.